The molecular formula is C32H43N5O3. The average Bonchev–Trinajstić information content (AvgIpc) is 2.96. The molecule has 1 fully saturated rings. The highest BCUT2D eigenvalue weighted by Crippen LogP contribution is 2.29. The number of carbonyl (C=O) groups excluding carboxylic acids is 1. The lowest BCUT2D eigenvalue weighted by atomic mass is 9.98. The second-order valence-electron chi connectivity index (χ2n) is 10.8. The van der Waals surface area contributed by atoms with Gasteiger partial charge in [0.1, 0.15) is 11.5 Å². The number of piperidine rings is 1. The number of aryl methyl sites for hydroxylation is 3. The number of hydrogen-bond donors (Lipinski definition) is 2. The van der Waals surface area contributed by atoms with Crippen LogP contribution in [0.1, 0.15) is 58.8 Å². The number of amides is 1. The summed E-state index contributed by atoms with van der Waals surface area (Å²) in [4.78, 5) is 27.2. The van der Waals surface area contributed by atoms with Gasteiger partial charge in [-0.3, -0.25) is 9.78 Å². The Morgan fingerprint density at radius 1 is 1.07 bits per heavy atom. The van der Waals surface area contributed by atoms with Crippen molar-refractivity contribution < 1.29 is 14.4 Å². The number of nitrogens with one attached hydrogen (secondary N) is 1. The highest BCUT2D eigenvalue weighted by molar-refractivity contribution is 5.97. The van der Waals surface area contributed by atoms with Crippen molar-refractivity contribution in [1.29, 1.82) is 0 Å². The van der Waals surface area contributed by atoms with Crippen LogP contribution in [0.5, 0.6) is 11.5 Å². The third-order valence-electron chi connectivity index (χ3n) is 8.17. The Morgan fingerprint density at radius 2 is 1.75 bits per heavy atom. The Morgan fingerprint density at radius 3 is 2.35 bits per heavy atom. The molecule has 1 amide bonds. The van der Waals surface area contributed by atoms with Gasteiger partial charge in [-0.1, -0.05) is 0 Å². The molecule has 0 spiro atoms. The number of methoxy groups -OCH3 is 1. The molecule has 2 aromatic carbocycles. The topological polar surface area (TPSA) is 93.0 Å². The van der Waals surface area contributed by atoms with E-state index in [1.807, 2.05) is 38.4 Å². The van der Waals surface area contributed by atoms with Crippen molar-refractivity contribution in [3.63, 3.8) is 0 Å². The quantitative estimate of drug-likeness (QED) is 0.330. The minimum atomic E-state index is -0.0506. The smallest absolute Gasteiger partial charge is 0.251 e. The zero-order chi connectivity index (χ0) is 28.6. The Kier molecular flexibility index (Phi) is 10.0. The zero-order valence-corrected chi connectivity index (χ0v) is 24.4. The van der Waals surface area contributed by atoms with E-state index in [0.717, 1.165) is 55.8 Å². The molecule has 4 rings (SSSR count). The maximum atomic E-state index is 12.9. The number of anilines is 1. The number of rotatable bonds is 11. The van der Waals surface area contributed by atoms with Crippen LogP contribution < -0.4 is 25.7 Å². The van der Waals surface area contributed by atoms with Gasteiger partial charge in [-0.05, 0) is 112 Å². The molecule has 2 heterocycles. The zero-order valence-electron chi connectivity index (χ0n) is 24.4. The van der Waals surface area contributed by atoms with Crippen LogP contribution in [0, 0.1) is 20.8 Å². The SMILES string of the molecule is COc1ccc(N(Cc2cnccc2C)C2CCN([C@H](C)CCNC(=O)c3c(C)cc(ON)cc3C)CC2)cc1. The molecule has 3 aromatic rings. The second kappa shape index (κ2) is 13.6. The van der Waals surface area contributed by atoms with Crippen LogP contribution in [0.15, 0.2) is 54.9 Å². The molecule has 1 aliphatic rings. The number of benzene rings is 2. The molecule has 0 saturated carbocycles. The van der Waals surface area contributed by atoms with E-state index in [-0.39, 0.29) is 5.91 Å². The number of carbonyl (C=O) groups is 1. The molecule has 0 radical (unpaired) electrons. The predicted octanol–water partition coefficient (Wildman–Crippen LogP) is 4.95. The molecule has 40 heavy (non-hydrogen) atoms. The van der Waals surface area contributed by atoms with E-state index in [9.17, 15) is 4.79 Å². The highest BCUT2D eigenvalue weighted by atomic mass is 16.6. The summed E-state index contributed by atoms with van der Waals surface area (Å²) in [6.07, 6.45) is 6.90. The average molecular weight is 546 g/mol. The molecule has 1 atom stereocenters. The molecule has 8 nitrogen and oxygen atoms in total. The van der Waals surface area contributed by atoms with Crippen molar-refractivity contribution in [3.8, 4) is 11.5 Å². The third kappa shape index (κ3) is 7.11. The molecule has 0 aliphatic carbocycles. The van der Waals surface area contributed by atoms with Crippen molar-refractivity contribution >= 4 is 11.6 Å². The van der Waals surface area contributed by atoms with Crippen LogP contribution in [-0.4, -0.2) is 54.6 Å². The molecule has 0 unspecified atom stereocenters. The number of pyridine rings is 1. The minimum Gasteiger partial charge on any atom is -0.497 e. The first-order valence-corrected chi connectivity index (χ1v) is 14.1. The van der Waals surface area contributed by atoms with E-state index in [1.54, 1.807) is 19.2 Å². The summed E-state index contributed by atoms with van der Waals surface area (Å²) in [7, 11) is 1.70. The summed E-state index contributed by atoms with van der Waals surface area (Å²) < 4.78 is 5.39. The lowest BCUT2D eigenvalue weighted by molar-refractivity contribution is 0.0944. The summed E-state index contributed by atoms with van der Waals surface area (Å²) in [6.45, 7) is 11.7. The van der Waals surface area contributed by atoms with Gasteiger partial charge in [0.2, 0.25) is 0 Å². The van der Waals surface area contributed by atoms with Crippen LogP contribution in [0.2, 0.25) is 0 Å². The van der Waals surface area contributed by atoms with Crippen LogP contribution in [0.25, 0.3) is 0 Å². The predicted molar refractivity (Wildman–Crippen MR) is 160 cm³/mol. The van der Waals surface area contributed by atoms with Gasteiger partial charge in [-0.25, -0.2) is 0 Å². The number of nitrogens with two attached hydrogens (primary N) is 1. The van der Waals surface area contributed by atoms with Gasteiger partial charge in [-0.2, -0.15) is 5.90 Å². The summed E-state index contributed by atoms with van der Waals surface area (Å²) >= 11 is 0. The summed E-state index contributed by atoms with van der Waals surface area (Å²) in [6, 6.07) is 14.9. The number of hydrogen-bond acceptors (Lipinski definition) is 7. The van der Waals surface area contributed by atoms with Crippen molar-refractivity contribution in [2.75, 3.05) is 31.6 Å². The first kappa shape index (κ1) is 29.4. The van der Waals surface area contributed by atoms with Gasteiger partial charge in [0, 0.05) is 61.9 Å². The van der Waals surface area contributed by atoms with Crippen LogP contribution in [0.3, 0.4) is 0 Å². The van der Waals surface area contributed by atoms with Crippen molar-refractivity contribution in [2.24, 2.45) is 5.90 Å². The molecule has 1 saturated heterocycles. The van der Waals surface area contributed by atoms with Crippen LogP contribution in [-0.2, 0) is 6.54 Å². The monoisotopic (exact) mass is 545 g/mol. The summed E-state index contributed by atoms with van der Waals surface area (Å²) in [5, 5.41) is 3.12. The van der Waals surface area contributed by atoms with Crippen molar-refractivity contribution in [2.45, 2.75) is 65.6 Å². The number of aromatic nitrogens is 1. The van der Waals surface area contributed by atoms with E-state index in [1.165, 1.54) is 16.8 Å². The number of ether oxygens (including phenoxy) is 1. The van der Waals surface area contributed by atoms with Gasteiger partial charge in [0.05, 0.1) is 7.11 Å². The standard InChI is InChI=1S/C32H43N5O3/c1-22-10-14-34-20-26(22)21-37(27-6-8-29(39-5)9-7-27)28-12-16-36(17-13-28)25(4)11-15-35-32(38)31-23(2)18-30(40-33)19-24(31)3/h6-10,14,18-20,25,28H,11-13,15-17,21,33H2,1-5H3,(H,35,38)/t25-/m1/s1. The van der Waals surface area contributed by atoms with E-state index >= 15 is 0 Å². The van der Waals surface area contributed by atoms with Gasteiger partial charge >= 0.3 is 0 Å². The van der Waals surface area contributed by atoms with E-state index < -0.39 is 0 Å². The lowest BCUT2D eigenvalue weighted by Crippen LogP contribution is -2.48. The lowest BCUT2D eigenvalue weighted by Gasteiger charge is -2.42. The first-order chi connectivity index (χ1) is 19.3. The van der Waals surface area contributed by atoms with Gasteiger partial charge in [-0.15, -0.1) is 0 Å². The van der Waals surface area contributed by atoms with E-state index in [4.69, 9.17) is 15.5 Å². The Hall–Kier alpha value is -3.62. The molecule has 214 valence electrons. The van der Waals surface area contributed by atoms with Crippen molar-refractivity contribution in [1.82, 2.24) is 15.2 Å². The molecular weight excluding hydrogens is 502 g/mol. The van der Waals surface area contributed by atoms with Crippen LogP contribution in [0.4, 0.5) is 5.69 Å². The molecule has 8 heteroatoms. The van der Waals surface area contributed by atoms with Crippen LogP contribution >= 0.6 is 0 Å². The Bertz CT molecular complexity index is 1250. The first-order valence-electron chi connectivity index (χ1n) is 14.1. The fourth-order valence-corrected chi connectivity index (χ4v) is 5.70. The maximum absolute atomic E-state index is 12.9. The second-order valence-corrected chi connectivity index (χ2v) is 10.8. The molecule has 1 aliphatic heterocycles. The maximum Gasteiger partial charge on any atom is 0.251 e. The number of nitrogens with zero attached hydrogens (tertiary/aromatic N) is 3. The largest absolute Gasteiger partial charge is 0.497 e. The fraction of sp³-hybridized carbons (Fsp3) is 0.438. The summed E-state index contributed by atoms with van der Waals surface area (Å²) in [5.74, 6) is 6.66. The molecule has 1 aromatic heterocycles. The van der Waals surface area contributed by atoms with Gasteiger partial charge in [0.25, 0.3) is 5.91 Å². The third-order valence-corrected chi connectivity index (χ3v) is 8.17. The van der Waals surface area contributed by atoms with Gasteiger partial charge < -0.3 is 24.7 Å². The van der Waals surface area contributed by atoms with Gasteiger partial charge in [0.15, 0.2) is 0 Å². The summed E-state index contributed by atoms with van der Waals surface area (Å²) in [5.41, 5.74) is 6.12. The Balaban J connectivity index is 1.34. The Labute approximate surface area is 238 Å². The van der Waals surface area contributed by atoms with E-state index in [2.05, 4.69) is 52.1 Å². The highest BCUT2D eigenvalue weighted by Gasteiger charge is 2.28. The van der Waals surface area contributed by atoms with E-state index in [0.29, 0.717) is 29.9 Å². The van der Waals surface area contributed by atoms with Crippen molar-refractivity contribution in [3.05, 3.63) is 82.7 Å². The fourth-order valence-electron chi connectivity index (χ4n) is 5.70. The number of likely N-dealkylation sites (tertiary alicyclic amines) is 1. The minimum absolute atomic E-state index is 0.0506. The molecule has 3 N–H and O–H groups in total. The normalized spacial score (nSPS) is 14.9. The molecule has 0 bridgehead atoms.